The first-order chi connectivity index (χ1) is 7.83. The van der Waals surface area contributed by atoms with Crippen molar-refractivity contribution in [2.45, 2.75) is 0 Å². The number of benzene rings is 1. The topological polar surface area (TPSA) is 35.5 Å². The minimum Gasteiger partial charge on any atom is -0.498 e. The minimum atomic E-state index is -0.378. The molecule has 0 heterocycles. The van der Waals surface area contributed by atoms with Crippen LogP contribution in [-0.2, 0) is 14.3 Å². The van der Waals surface area contributed by atoms with Gasteiger partial charge in [0.2, 0.25) is 0 Å². The SMILES string of the molecule is C=COCCOC(=O)/C=C/c1ccccc1. The highest BCUT2D eigenvalue weighted by Gasteiger charge is 1.95. The Balaban J connectivity index is 2.29. The van der Waals surface area contributed by atoms with Crippen molar-refractivity contribution in [3.05, 3.63) is 54.8 Å². The van der Waals surface area contributed by atoms with Crippen molar-refractivity contribution in [1.29, 1.82) is 0 Å². The minimum absolute atomic E-state index is 0.226. The van der Waals surface area contributed by atoms with E-state index in [1.165, 1.54) is 12.3 Å². The van der Waals surface area contributed by atoms with Gasteiger partial charge in [-0.05, 0) is 11.6 Å². The maximum atomic E-state index is 11.2. The van der Waals surface area contributed by atoms with E-state index in [0.29, 0.717) is 6.61 Å². The second-order valence-corrected chi connectivity index (χ2v) is 2.95. The summed E-state index contributed by atoms with van der Waals surface area (Å²) in [4.78, 5) is 11.2. The zero-order valence-corrected chi connectivity index (χ0v) is 8.96. The smallest absolute Gasteiger partial charge is 0.330 e. The van der Waals surface area contributed by atoms with E-state index < -0.39 is 0 Å². The molecule has 0 atom stereocenters. The van der Waals surface area contributed by atoms with Gasteiger partial charge in [-0.2, -0.15) is 0 Å². The molecule has 0 aromatic heterocycles. The number of rotatable bonds is 6. The maximum Gasteiger partial charge on any atom is 0.330 e. The number of carbonyl (C=O) groups is 1. The Kier molecular flexibility index (Phi) is 5.48. The highest BCUT2D eigenvalue weighted by atomic mass is 16.6. The Hall–Kier alpha value is -2.03. The van der Waals surface area contributed by atoms with Gasteiger partial charge in [-0.25, -0.2) is 4.79 Å². The van der Waals surface area contributed by atoms with Crippen molar-refractivity contribution in [2.75, 3.05) is 13.2 Å². The molecule has 0 aliphatic rings. The second-order valence-electron chi connectivity index (χ2n) is 2.95. The van der Waals surface area contributed by atoms with Gasteiger partial charge in [0.15, 0.2) is 0 Å². The van der Waals surface area contributed by atoms with Gasteiger partial charge in [-0.1, -0.05) is 36.9 Å². The molecular weight excluding hydrogens is 204 g/mol. The first-order valence-corrected chi connectivity index (χ1v) is 4.95. The third kappa shape index (κ3) is 5.00. The predicted molar refractivity (Wildman–Crippen MR) is 62.6 cm³/mol. The molecule has 0 unspecified atom stereocenters. The number of hydrogen-bond acceptors (Lipinski definition) is 3. The first-order valence-electron chi connectivity index (χ1n) is 4.95. The van der Waals surface area contributed by atoms with E-state index in [4.69, 9.17) is 9.47 Å². The Labute approximate surface area is 95.0 Å². The summed E-state index contributed by atoms with van der Waals surface area (Å²) in [6.45, 7) is 3.93. The molecule has 0 fully saturated rings. The zero-order chi connectivity index (χ0) is 11.6. The molecule has 0 spiro atoms. The molecule has 1 aromatic carbocycles. The van der Waals surface area contributed by atoms with Crippen LogP contribution in [0.4, 0.5) is 0 Å². The van der Waals surface area contributed by atoms with Crippen LogP contribution in [0.5, 0.6) is 0 Å². The summed E-state index contributed by atoms with van der Waals surface area (Å²) in [6, 6.07) is 9.54. The molecule has 0 N–H and O–H groups in total. The summed E-state index contributed by atoms with van der Waals surface area (Å²) in [5, 5.41) is 0. The van der Waals surface area contributed by atoms with Gasteiger partial charge in [0, 0.05) is 6.08 Å². The van der Waals surface area contributed by atoms with Crippen LogP contribution in [0.15, 0.2) is 49.2 Å². The van der Waals surface area contributed by atoms with Crippen LogP contribution in [0.2, 0.25) is 0 Å². The largest absolute Gasteiger partial charge is 0.498 e. The quantitative estimate of drug-likeness (QED) is 0.318. The molecule has 0 aliphatic heterocycles. The van der Waals surface area contributed by atoms with Crippen molar-refractivity contribution in [1.82, 2.24) is 0 Å². The summed E-state index contributed by atoms with van der Waals surface area (Å²) in [6.07, 6.45) is 4.41. The third-order valence-corrected chi connectivity index (χ3v) is 1.77. The van der Waals surface area contributed by atoms with E-state index in [9.17, 15) is 4.79 Å². The highest BCUT2D eigenvalue weighted by Crippen LogP contribution is 2.00. The second kappa shape index (κ2) is 7.29. The van der Waals surface area contributed by atoms with Gasteiger partial charge in [0.05, 0.1) is 6.26 Å². The lowest BCUT2D eigenvalue weighted by atomic mass is 10.2. The fourth-order valence-electron chi connectivity index (χ4n) is 1.05. The molecule has 0 aliphatic carbocycles. The van der Waals surface area contributed by atoms with E-state index in [1.807, 2.05) is 30.3 Å². The van der Waals surface area contributed by atoms with Crippen LogP contribution in [0.3, 0.4) is 0 Å². The molecule has 84 valence electrons. The Morgan fingerprint density at radius 3 is 2.69 bits per heavy atom. The molecule has 0 amide bonds. The zero-order valence-electron chi connectivity index (χ0n) is 8.96. The average molecular weight is 218 g/mol. The van der Waals surface area contributed by atoms with Gasteiger partial charge in [-0.15, -0.1) is 0 Å². The molecule has 0 saturated carbocycles. The predicted octanol–water partition coefficient (Wildman–Crippen LogP) is 2.40. The Bertz CT molecular complexity index is 355. The number of ether oxygens (including phenoxy) is 2. The van der Waals surface area contributed by atoms with Crippen LogP contribution >= 0.6 is 0 Å². The van der Waals surface area contributed by atoms with Crippen LogP contribution in [0, 0.1) is 0 Å². The summed E-state index contributed by atoms with van der Waals surface area (Å²) < 4.78 is 9.68. The fourth-order valence-corrected chi connectivity index (χ4v) is 1.05. The molecule has 3 heteroatoms. The molecule has 3 nitrogen and oxygen atoms in total. The third-order valence-electron chi connectivity index (χ3n) is 1.77. The molecule has 0 radical (unpaired) electrons. The maximum absolute atomic E-state index is 11.2. The lowest BCUT2D eigenvalue weighted by molar-refractivity contribution is -0.138. The number of carbonyl (C=O) groups excluding carboxylic acids is 1. The molecule has 1 aromatic rings. The Morgan fingerprint density at radius 2 is 2.00 bits per heavy atom. The van der Waals surface area contributed by atoms with Crippen LogP contribution in [-0.4, -0.2) is 19.2 Å². The molecule has 16 heavy (non-hydrogen) atoms. The summed E-state index contributed by atoms with van der Waals surface area (Å²) in [5.74, 6) is -0.378. The van der Waals surface area contributed by atoms with Crippen molar-refractivity contribution in [2.24, 2.45) is 0 Å². The van der Waals surface area contributed by atoms with Crippen molar-refractivity contribution in [3.8, 4) is 0 Å². The molecule has 0 saturated heterocycles. The lowest BCUT2D eigenvalue weighted by Crippen LogP contribution is -2.06. The van der Waals surface area contributed by atoms with Crippen molar-refractivity contribution in [3.63, 3.8) is 0 Å². The van der Waals surface area contributed by atoms with E-state index in [-0.39, 0.29) is 12.6 Å². The van der Waals surface area contributed by atoms with Crippen LogP contribution in [0.25, 0.3) is 6.08 Å². The van der Waals surface area contributed by atoms with E-state index in [2.05, 4.69) is 6.58 Å². The van der Waals surface area contributed by atoms with Gasteiger partial charge in [-0.3, -0.25) is 0 Å². The lowest BCUT2D eigenvalue weighted by Gasteiger charge is -2.00. The van der Waals surface area contributed by atoms with E-state index in [1.54, 1.807) is 6.08 Å². The van der Waals surface area contributed by atoms with Gasteiger partial charge in [0.25, 0.3) is 0 Å². The fraction of sp³-hybridized carbons (Fsp3) is 0.154. The van der Waals surface area contributed by atoms with Gasteiger partial charge in [0.1, 0.15) is 13.2 Å². The average Bonchev–Trinajstić information content (AvgIpc) is 2.33. The van der Waals surface area contributed by atoms with Gasteiger partial charge >= 0.3 is 5.97 Å². The molecule has 0 bridgehead atoms. The van der Waals surface area contributed by atoms with Gasteiger partial charge < -0.3 is 9.47 Å². The Morgan fingerprint density at radius 1 is 1.25 bits per heavy atom. The van der Waals surface area contributed by atoms with Crippen molar-refractivity contribution >= 4 is 12.0 Å². The molecule has 1 rings (SSSR count). The highest BCUT2D eigenvalue weighted by molar-refractivity contribution is 5.86. The number of esters is 1. The monoisotopic (exact) mass is 218 g/mol. The normalized spacial score (nSPS) is 10.0. The number of hydrogen-bond donors (Lipinski definition) is 0. The van der Waals surface area contributed by atoms with E-state index in [0.717, 1.165) is 5.56 Å². The summed E-state index contributed by atoms with van der Waals surface area (Å²) in [5.41, 5.74) is 0.960. The van der Waals surface area contributed by atoms with Crippen molar-refractivity contribution < 1.29 is 14.3 Å². The summed E-state index contributed by atoms with van der Waals surface area (Å²) in [7, 11) is 0. The first kappa shape index (κ1) is 12.0. The molecular formula is C13H14O3. The van der Waals surface area contributed by atoms with Crippen LogP contribution in [0.1, 0.15) is 5.56 Å². The summed E-state index contributed by atoms with van der Waals surface area (Å²) >= 11 is 0. The standard InChI is InChI=1S/C13H14O3/c1-2-15-10-11-16-13(14)9-8-12-6-4-3-5-7-12/h2-9H,1,10-11H2/b9-8+. The van der Waals surface area contributed by atoms with Crippen LogP contribution < -0.4 is 0 Å². The van der Waals surface area contributed by atoms with E-state index >= 15 is 0 Å².